The molecule has 0 aromatic rings. The van der Waals surface area contributed by atoms with Gasteiger partial charge < -0.3 is 5.32 Å². The first kappa shape index (κ1) is 13.9. The first-order valence-electron chi connectivity index (χ1n) is 8.83. The van der Waals surface area contributed by atoms with E-state index in [2.05, 4.69) is 17.1 Å². The van der Waals surface area contributed by atoms with Crippen LogP contribution >= 0.6 is 0 Å². The molecule has 2 aliphatic carbocycles. The van der Waals surface area contributed by atoms with E-state index in [1.807, 2.05) is 0 Å². The number of rotatable bonds is 7. The van der Waals surface area contributed by atoms with E-state index in [-0.39, 0.29) is 0 Å². The Morgan fingerprint density at radius 1 is 1.11 bits per heavy atom. The van der Waals surface area contributed by atoms with Gasteiger partial charge in [0.15, 0.2) is 0 Å². The third kappa shape index (κ3) is 3.00. The van der Waals surface area contributed by atoms with Crippen LogP contribution in [0.25, 0.3) is 0 Å². The van der Waals surface area contributed by atoms with Crippen molar-refractivity contribution in [2.45, 2.75) is 82.7 Å². The smallest absolute Gasteiger partial charge is 0.0362 e. The van der Waals surface area contributed by atoms with Crippen molar-refractivity contribution in [3.63, 3.8) is 0 Å². The first-order valence-corrected chi connectivity index (χ1v) is 8.83. The van der Waals surface area contributed by atoms with Crippen LogP contribution in [0.15, 0.2) is 0 Å². The fourth-order valence-electron chi connectivity index (χ4n) is 4.65. The zero-order valence-corrected chi connectivity index (χ0v) is 12.8. The second-order valence-corrected chi connectivity index (χ2v) is 7.14. The number of likely N-dealkylation sites (tertiary alicyclic amines) is 1. The summed E-state index contributed by atoms with van der Waals surface area (Å²) in [7, 11) is 0. The predicted octanol–water partition coefficient (Wildman–Crippen LogP) is 3.56. The molecule has 0 amide bonds. The minimum atomic E-state index is 0.529. The Balaban J connectivity index is 1.69. The van der Waals surface area contributed by atoms with Crippen molar-refractivity contribution >= 4 is 0 Å². The summed E-state index contributed by atoms with van der Waals surface area (Å²) < 4.78 is 0. The Morgan fingerprint density at radius 2 is 1.79 bits per heavy atom. The Bertz CT molecular complexity index is 273. The second kappa shape index (κ2) is 6.13. The van der Waals surface area contributed by atoms with E-state index in [4.69, 9.17) is 0 Å². The van der Waals surface area contributed by atoms with Gasteiger partial charge in [-0.15, -0.1) is 0 Å². The average molecular weight is 264 g/mol. The van der Waals surface area contributed by atoms with Gasteiger partial charge in [-0.3, -0.25) is 4.90 Å². The molecule has 2 nitrogen and oxygen atoms in total. The number of hydrogen-bond donors (Lipinski definition) is 1. The minimum Gasteiger partial charge on any atom is -0.312 e. The van der Waals surface area contributed by atoms with Crippen molar-refractivity contribution in [3.8, 4) is 0 Å². The van der Waals surface area contributed by atoms with Gasteiger partial charge in [-0.05, 0) is 64.1 Å². The molecule has 1 saturated heterocycles. The van der Waals surface area contributed by atoms with Crippen LogP contribution < -0.4 is 5.32 Å². The molecule has 0 bridgehead atoms. The van der Waals surface area contributed by atoms with Gasteiger partial charge in [-0.25, -0.2) is 0 Å². The SMILES string of the molecule is CCNC(CCC1CC1)C1(N2CCCC2)CCCC1. The quantitative estimate of drug-likeness (QED) is 0.756. The van der Waals surface area contributed by atoms with Gasteiger partial charge in [0, 0.05) is 11.6 Å². The molecule has 1 heterocycles. The maximum absolute atomic E-state index is 3.88. The van der Waals surface area contributed by atoms with Crippen molar-refractivity contribution in [2.24, 2.45) is 5.92 Å². The lowest BCUT2D eigenvalue weighted by atomic mass is 9.83. The third-order valence-corrected chi connectivity index (χ3v) is 5.86. The van der Waals surface area contributed by atoms with E-state index < -0.39 is 0 Å². The van der Waals surface area contributed by atoms with Gasteiger partial charge in [0.05, 0.1) is 0 Å². The van der Waals surface area contributed by atoms with Gasteiger partial charge in [-0.1, -0.05) is 32.6 Å². The van der Waals surface area contributed by atoms with Crippen molar-refractivity contribution in [1.29, 1.82) is 0 Å². The summed E-state index contributed by atoms with van der Waals surface area (Å²) in [4.78, 5) is 2.88. The maximum atomic E-state index is 3.88. The summed E-state index contributed by atoms with van der Waals surface area (Å²) in [5, 5.41) is 3.88. The molecule has 1 aliphatic heterocycles. The van der Waals surface area contributed by atoms with E-state index in [0.717, 1.165) is 18.5 Å². The molecule has 3 rings (SSSR count). The monoisotopic (exact) mass is 264 g/mol. The molecule has 1 unspecified atom stereocenters. The topological polar surface area (TPSA) is 15.3 Å². The lowest BCUT2D eigenvalue weighted by Gasteiger charge is -2.45. The summed E-state index contributed by atoms with van der Waals surface area (Å²) in [6.07, 6.45) is 14.6. The molecule has 1 atom stereocenters. The molecule has 3 fully saturated rings. The number of nitrogens with zero attached hydrogens (tertiary/aromatic N) is 1. The molecule has 2 heteroatoms. The highest BCUT2D eigenvalue weighted by molar-refractivity contribution is 5.04. The molecule has 19 heavy (non-hydrogen) atoms. The second-order valence-electron chi connectivity index (χ2n) is 7.14. The summed E-state index contributed by atoms with van der Waals surface area (Å²) in [6, 6.07) is 0.763. The summed E-state index contributed by atoms with van der Waals surface area (Å²) in [5.74, 6) is 1.08. The Kier molecular flexibility index (Phi) is 4.48. The standard InChI is InChI=1S/C17H32N2/c1-2-18-16(10-9-15-7-8-15)17(11-3-4-12-17)19-13-5-6-14-19/h15-16,18H,2-14H2,1H3. The molecule has 0 radical (unpaired) electrons. The van der Waals surface area contributed by atoms with E-state index >= 15 is 0 Å². The van der Waals surface area contributed by atoms with Crippen molar-refractivity contribution in [1.82, 2.24) is 10.2 Å². The van der Waals surface area contributed by atoms with Crippen molar-refractivity contribution in [3.05, 3.63) is 0 Å². The summed E-state index contributed by atoms with van der Waals surface area (Å²) >= 11 is 0. The first-order chi connectivity index (χ1) is 9.35. The zero-order chi connectivity index (χ0) is 13.1. The molecular weight excluding hydrogens is 232 g/mol. The fourth-order valence-corrected chi connectivity index (χ4v) is 4.65. The van der Waals surface area contributed by atoms with E-state index in [1.54, 1.807) is 0 Å². The van der Waals surface area contributed by atoms with Gasteiger partial charge in [0.1, 0.15) is 0 Å². The van der Waals surface area contributed by atoms with E-state index in [9.17, 15) is 0 Å². The highest BCUT2D eigenvalue weighted by Crippen LogP contribution is 2.43. The van der Waals surface area contributed by atoms with Gasteiger partial charge in [0.2, 0.25) is 0 Å². The Morgan fingerprint density at radius 3 is 2.37 bits per heavy atom. The molecule has 110 valence electrons. The molecule has 1 N–H and O–H groups in total. The summed E-state index contributed by atoms with van der Waals surface area (Å²) in [5.41, 5.74) is 0.529. The molecule has 2 saturated carbocycles. The predicted molar refractivity (Wildman–Crippen MR) is 81.4 cm³/mol. The van der Waals surface area contributed by atoms with Crippen LogP contribution in [0.5, 0.6) is 0 Å². The largest absolute Gasteiger partial charge is 0.312 e. The average Bonchev–Trinajstić information content (AvgIpc) is 2.93. The van der Waals surface area contributed by atoms with Crippen LogP contribution in [0, 0.1) is 5.92 Å². The lowest BCUT2D eigenvalue weighted by Crippen LogP contribution is -2.59. The van der Waals surface area contributed by atoms with Gasteiger partial charge in [0.25, 0.3) is 0 Å². The molecular formula is C17H32N2. The summed E-state index contributed by atoms with van der Waals surface area (Å²) in [6.45, 7) is 6.17. The fraction of sp³-hybridized carbons (Fsp3) is 1.00. The molecule has 0 spiro atoms. The van der Waals surface area contributed by atoms with Crippen LogP contribution in [0.4, 0.5) is 0 Å². The Labute approximate surface area is 119 Å². The third-order valence-electron chi connectivity index (χ3n) is 5.86. The van der Waals surface area contributed by atoms with Gasteiger partial charge in [-0.2, -0.15) is 0 Å². The number of likely N-dealkylation sites (N-methyl/N-ethyl adjacent to an activating group) is 1. The highest BCUT2D eigenvalue weighted by atomic mass is 15.2. The Hall–Kier alpha value is -0.0800. The highest BCUT2D eigenvalue weighted by Gasteiger charge is 2.46. The van der Waals surface area contributed by atoms with E-state index in [0.29, 0.717) is 5.54 Å². The minimum absolute atomic E-state index is 0.529. The van der Waals surface area contributed by atoms with Crippen LogP contribution in [0.2, 0.25) is 0 Å². The van der Waals surface area contributed by atoms with Crippen LogP contribution in [-0.2, 0) is 0 Å². The van der Waals surface area contributed by atoms with Crippen molar-refractivity contribution in [2.75, 3.05) is 19.6 Å². The van der Waals surface area contributed by atoms with E-state index in [1.165, 1.54) is 77.3 Å². The lowest BCUT2D eigenvalue weighted by molar-refractivity contribution is 0.0721. The van der Waals surface area contributed by atoms with Crippen LogP contribution in [-0.4, -0.2) is 36.1 Å². The molecule has 3 aliphatic rings. The normalized spacial score (nSPS) is 28.9. The number of hydrogen-bond acceptors (Lipinski definition) is 2. The molecule has 0 aromatic heterocycles. The number of nitrogens with one attached hydrogen (secondary N) is 1. The van der Waals surface area contributed by atoms with Crippen molar-refractivity contribution < 1.29 is 0 Å². The maximum Gasteiger partial charge on any atom is 0.0362 e. The van der Waals surface area contributed by atoms with Crippen LogP contribution in [0.1, 0.15) is 71.1 Å². The van der Waals surface area contributed by atoms with Crippen LogP contribution in [0.3, 0.4) is 0 Å². The zero-order valence-electron chi connectivity index (χ0n) is 12.8. The molecule has 0 aromatic carbocycles. The van der Waals surface area contributed by atoms with Gasteiger partial charge >= 0.3 is 0 Å².